The molecule has 0 saturated carbocycles. The van der Waals surface area contributed by atoms with Crippen molar-refractivity contribution >= 4 is 51.2 Å². The first-order chi connectivity index (χ1) is 9.31. The lowest BCUT2D eigenvalue weighted by Crippen LogP contribution is -2.27. The fourth-order valence-electron chi connectivity index (χ4n) is 1.69. The summed E-state index contributed by atoms with van der Waals surface area (Å²) < 4.78 is 7.89. The summed E-state index contributed by atoms with van der Waals surface area (Å²) in [7, 11) is 0. The monoisotopic (exact) mass is 506 g/mol. The smallest absolute Gasteiger partial charge is 0.311 e. The predicted molar refractivity (Wildman–Crippen MR) is 104 cm³/mol. The van der Waals surface area contributed by atoms with Gasteiger partial charge in [-0.2, -0.15) is 0 Å². The van der Waals surface area contributed by atoms with Gasteiger partial charge in [0.25, 0.3) is 0 Å². The summed E-state index contributed by atoms with van der Waals surface area (Å²) in [5.74, 6) is -0.107. The van der Waals surface area contributed by atoms with Gasteiger partial charge in [-0.3, -0.25) is 4.79 Å². The molecule has 0 bridgehead atoms. The van der Waals surface area contributed by atoms with Gasteiger partial charge in [0.2, 0.25) is 0 Å². The molecule has 20 heavy (non-hydrogen) atoms. The molecule has 0 aromatic rings. The Hall–Kier alpha value is 0.670. The van der Waals surface area contributed by atoms with Crippen LogP contribution in [0.25, 0.3) is 0 Å². The summed E-state index contributed by atoms with van der Waals surface area (Å²) in [6.07, 6.45) is 9.18. The first-order valence-corrected chi connectivity index (χ1v) is 10.0. The fraction of sp³-hybridized carbons (Fsp3) is 0.812. The number of halogens is 2. The van der Waals surface area contributed by atoms with Crippen LogP contribution in [0.5, 0.6) is 0 Å². The first-order valence-electron chi connectivity index (χ1n) is 7.44. The zero-order valence-electron chi connectivity index (χ0n) is 13.2. The van der Waals surface area contributed by atoms with Crippen molar-refractivity contribution in [2.24, 2.45) is 5.41 Å². The van der Waals surface area contributed by atoms with Gasteiger partial charge >= 0.3 is 5.97 Å². The van der Waals surface area contributed by atoms with Crippen LogP contribution in [0, 0.1) is 5.41 Å². The van der Waals surface area contributed by atoms with Crippen molar-refractivity contribution < 1.29 is 9.53 Å². The standard InChI is InChI=1S/C16H28I2O2/c1-5-6-7-8-9-10-14(11-13(18)12-17)20-15(19)16(2,3)4/h11,14H,5-10,12H2,1-4H3/b13-11+. The van der Waals surface area contributed by atoms with Gasteiger partial charge in [-0.25, -0.2) is 0 Å². The topological polar surface area (TPSA) is 26.3 Å². The number of ether oxygens (including phenoxy) is 1. The van der Waals surface area contributed by atoms with Crippen LogP contribution < -0.4 is 0 Å². The average molecular weight is 506 g/mol. The molecule has 1 atom stereocenters. The normalized spacial score (nSPS) is 14.2. The van der Waals surface area contributed by atoms with Gasteiger partial charge in [-0.1, -0.05) is 55.2 Å². The van der Waals surface area contributed by atoms with E-state index in [1.54, 1.807) is 0 Å². The van der Waals surface area contributed by atoms with Crippen LogP contribution in [-0.2, 0) is 9.53 Å². The lowest BCUT2D eigenvalue weighted by molar-refractivity contribution is -0.156. The molecule has 0 aliphatic carbocycles. The minimum Gasteiger partial charge on any atom is -0.458 e. The van der Waals surface area contributed by atoms with Crippen molar-refractivity contribution in [1.29, 1.82) is 0 Å². The first kappa shape index (κ1) is 20.7. The number of alkyl halides is 1. The van der Waals surface area contributed by atoms with E-state index in [0.717, 1.165) is 17.3 Å². The Morgan fingerprint density at radius 2 is 1.80 bits per heavy atom. The third kappa shape index (κ3) is 10.4. The van der Waals surface area contributed by atoms with E-state index in [1.165, 1.54) is 29.3 Å². The minimum absolute atomic E-state index is 0.0648. The molecule has 0 radical (unpaired) electrons. The third-order valence-electron chi connectivity index (χ3n) is 2.96. The van der Waals surface area contributed by atoms with Crippen molar-refractivity contribution in [3.63, 3.8) is 0 Å². The Morgan fingerprint density at radius 3 is 2.30 bits per heavy atom. The molecule has 0 fully saturated rings. The molecule has 0 heterocycles. The maximum atomic E-state index is 12.0. The number of carbonyl (C=O) groups excluding carboxylic acids is 1. The van der Waals surface area contributed by atoms with Gasteiger partial charge in [0.1, 0.15) is 6.10 Å². The highest BCUT2D eigenvalue weighted by atomic mass is 127. The summed E-state index contributed by atoms with van der Waals surface area (Å²) in [4.78, 5) is 12.0. The third-order valence-corrected chi connectivity index (χ3v) is 5.98. The van der Waals surface area contributed by atoms with Gasteiger partial charge in [0.15, 0.2) is 0 Å². The van der Waals surface area contributed by atoms with Crippen LogP contribution in [0.3, 0.4) is 0 Å². The molecule has 0 aromatic carbocycles. The molecule has 0 aromatic heterocycles. The Morgan fingerprint density at radius 1 is 1.20 bits per heavy atom. The molecule has 0 N–H and O–H groups in total. The van der Waals surface area contributed by atoms with Crippen molar-refractivity contribution in [1.82, 2.24) is 0 Å². The molecule has 4 heteroatoms. The molecule has 2 nitrogen and oxygen atoms in total. The summed E-state index contributed by atoms with van der Waals surface area (Å²) in [5, 5.41) is 0. The number of hydrogen-bond donors (Lipinski definition) is 0. The number of rotatable bonds is 9. The van der Waals surface area contributed by atoms with Crippen molar-refractivity contribution in [2.75, 3.05) is 4.43 Å². The van der Waals surface area contributed by atoms with Gasteiger partial charge in [0.05, 0.1) is 5.41 Å². The lowest BCUT2D eigenvalue weighted by atomic mass is 9.97. The van der Waals surface area contributed by atoms with Gasteiger partial charge < -0.3 is 4.74 Å². The zero-order chi connectivity index (χ0) is 15.6. The highest BCUT2D eigenvalue weighted by Gasteiger charge is 2.25. The molecule has 0 aliphatic heterocycles. The Balaban J connectivity index is 4.39. The molecule has 1 unspecified atom stereocenters. The van der Waals surface area contributed by atoms with E-state index in [1.807, 2.05) is 20.8 Å². The largest absolute Gasteiger partial charge is 0.458 e. The molecule has 0 saturated heterocycles. The zero-order valence-corrected chi connectivity index (χ0v) is 17.5. The maximum absolute atomic E-state index is 12.0. The van der Waals surface area contributed by atoms with E-state index in [9.17, 15) is 4.79 Å². The number of allylic oxidation sites excluding steroid dienone is 1. The van der Waals surface area contributed by atoms with E-state index in [0.29, 0.717) is 0 Å². The Kier molecular flexibility index (Phi) is 11.6. The van der Waals surface area contributed by atoms with E-state index < -0.39 is 5.41 Å². The highest BCUT2D eigenvalue weighted by molar-refractivity contribution is 14.1. The van der Waals surface area contributed by atoms with Crippen molar-refractivity contribution in [2.45, 2.75) is 72.3 Å². The van der Waals surface area contributed by atoms with E-state index in [4.69, 9.17) is 4.74 Å². The van der Waals surface area contributed by atoms with Crippen LogP contribution in [-0.4, -0.2) is 16.5 Å². The van der Waals surface area contributed by atoms with Crippen molar-refractivity contribution in [3.05, 3.63) is 9.66 Å². The molecular formula is C16H28I2O2. The minimum atomic E-state index is -0.427. The molecule has 0 spiro atoms. The van der Waals surface area contributed by atoms with Crippen LogP contribution in [0.4, 0.5) is 0 Å². The van der Waals surface area contributed by atoms with Crippen LogP contribution in [0.2, 0.25) is 0 Å². The van der Waals surface area contributed by atoms with E-state index in [2.05, 4.69) is 58.2 Å². The summed E-state index contributed by atoms with van der Waals surface area (Å²) >= 11 is 4.66. The average Bonchev–Trinajstić information content (AvgIpc) is 2.36. The predicted octanol–water partition coefficient (Wildman–Crippen LogP) is 6.06. The summed E-state index contributed by atoms with van der Waals surface area (Å²) in [6.45, 7) is 7.93. The quantitative estimate of drug-likeness (QED) is 0.165. The molecule has 0 aliphatic rings. The number of unbranched alkanes of at least 4 members (excludes halogenated alkanes) is 4. The fourth-order valence-corrected chi connectivity index (χ4v) is 2.34. The van der Waals surface area contributed by atoms with Crippen LogP contribution in [0.1, 0.15) is 66.2 Å². The molecule has 118 valence electrons. The van der Waals surface area contributed by atoms with Crippen LogP contribution >= 0.6 is 45.2 Å². The van der Waals surface area contributed by atoms with Gasteiger partial charge in [-0.15, -0.1) is 0 Å². The Bertz CT molecular complexity index is 306. The second-order valence-corrected chi connectivity index (χ2v) is 8.29. The Labute approximate surface area is 151 Å². The second-order valence-electron chi connectivity index (χ2n) is 6.14. The SMILES string of the molecule is CCCCCCCC(/C=C(/I)CI)OC(=O)C(C)(C)C. The van der Waals surface area contributed by atoms with Gasteiger partial charge in [-0.05, 0) is 62.3 Å². The number of carbonyl (C=O) groups is 1. The maximum Gasteiger partial charge on any atom is 0.311 e. The van der Waals surface area contributed by atoms with Crippen LogP contribution in [0.15, 0.2) is 9.66 Å². The summed E-state index contributed by atoms with van der Waals surface area (Å²) in [5.41, 5.74) is -0.427. The second kappa shape index (κ2) is 11.3. The van der Waals surface area contributed by atoms with E-state index >= 15 is 0 Å². The molecular weight excluding hydrogens is 478 g/mol. The highest BCUT2D eigenvalue weighted by Crippen LogP contribution is 2.21. The van der Waals surface area contributed by atoms with Crippen molar-refractivity contribution in [3.8, 4) is 0 Å². The van der Waals surface area contributed by atoms with E-state index in [-0.39, 0.29) is 12.1 Å². The molecule has 0 rings (SSSR count). The van der Waals surface area contributed by atoms with Gasteiger partial charge in [0, 0.05) is 8.01 Å². The summed E-state index contributed by atoms with van der Waals surface area (Å²) in [6, 6.07) is 0. The number of hydrogen-bond acceptors (Lipinski definition) is 2. The number of esters is 1. The lowest BCUT2D eigenvalue weighted by Gasteiger charge is -2.22. The molecule has 0 amide bonds.